The van der Waals surface area contributed by atoms with Crippen molar-refractivity contribution in [1.29, 1.82) is 0 Å². The predicted molar refractivity (Wildman–Crippen MR) is 77.8 cm³/mol. The molecule has 0 bridgehead atoms. The van der Waals surface area contributed by atoms with E-state index in [1.807, 2.05) is 0 Å². The molecule has 0 saturated carbocycles. The third kappa shape index (κ3) is 3.65. The Balaban J connectivity index is 3.06. The Morgan fingerprint density at radius 3 is 2.24 bits per heavy atom. The van der Waals surface area contributed by atoms with Crippen LogP contribution < -0.4 is 14.8 Å². The Kier molecular flexibility index (Phi) is 5.18. The Hall–Kier alpha value is -2.24. The van der Waals surface area contributed by atoms with Crippen molar-refractivity contribution in [2.24, 2.45) is 0 Å². The molecule has 0 spiro atoms. The van der Waals surface area contributed by atoms with Gasteiger partial charge in [0.2, 0.25) is 5.91 Å². The zero-order valence-corrected chi connectivity index (χ0v) is 12.9. The predicted octanol–water partition coefficient (Wildman–Crippen LogP) is 1.57. The van der Waals surface area contributed by atoms with Crippen LogP contribution in [0.2, 0.25) is 0 Å². The van der Waals surface area contributed by atoms with E-state index in [0.29, 0.717) is 17.1 Å². The maximum Gasteiger partial charge on any atom is 0.325 e. The van der Waals surface area contributed by atoms with Crippen LogP contribution in [0.3, 0.4) is 0 Å². The molecule has 0 aromatic heterocycles. The van der Waals surface area contributed by atoms with Gasteiger partial charge in [-0.05, 0) is 38.5 Å². The fourth-order valence-corrected chi connectivity index (χ4v) is 1.79. The first kappa shape index (κ1) is 16.8. The first-order valence-electron chi connectivity index (χ1n) is 6.50. The molecule has 0 unspecified atom stereocenters. The minimum atomic E-state index is -1.08. The lowest BCUT2D eigenvalue weighted by molar-refractivity contribution is -0.142. The van der Waals surface area contributed by atoms with Gasteiger partial charge in [-0.1, -0.05) is 6.07 Å². The number of aliphatic carboxylic acids is 1. The topological polar surface area (TPSA) is 84.9 Å². The summed E-state index contributed by atoms with van der Waals surface area (Å²) in [6, 6.07) is 4.23. The number of nitrogens with one attached hydrogen (secondary N) is 1. The average Bonchev–Trinajstić information content (AvgIpc) is 2.45. The van der Waals surface area contributed by atoms with Gasteiger partial charge in [0.1, 0.15) is 6.04 Å². The van der Waals surface area contributed by atoms with Crippen molar-refractivity contribution >= 4 is 11.9 Å². The van der Waals surface area contributed by atoms with Gasteiger partial charge in [0.05, 0.1) is 19.6 Å². The molecule has 21 heavy (non-hydrogen) atoms. The molecule has 0 aliphatic rings. The molecular formula is C15H21NO5. The second kappa shape index (κ2) is 6.47. The van der Waals surface area contributed by atoms with Crippen LogP contribution in [-0.4, -0.2) is 37.2 Å². The van der Waals surface area contributed by atoms with Gasteiger partial charge in [-0.2, -0.15) is 0 Å². The van der Waals surface area contributed by atoms with Gasteiger partial charge in [-0.25, -0.2) is 0 Å². The lowest BCUT2D eigenvalue weighted by Gasteiger charge is -2.26. The molecule has 1 atom stereocenters. The summed E-state index contributed by atoms with van der Waals surface area (Å²) in [6.07, 6.45) is 0. The van der Waals surface area contributed by atoms with Crippen LogP contribution in [0.5, 0.6) is 11.5 Å². The first-order valence-corrected chi connectivity index (χ1v) is 6.50. The Bertz CT molecular complexity index is 539. The van der Waals surface area contributed by atoms with Crippen molar-refractivity contribution in [2.45, 2.75) is 32.2 Å². The largest absolute Gasteiger partial charge is 0.493 e. The van der Waals surface area contributed by atoms with Crippen LogP contribution in [0, 0.1) is 0 Å². The second-order valence-electron chi connectivity index (χ2n) is 5.23. The van der Waals surface area contributed by atoms with E-state index in [2.05, 4.69) is 5.32 Å². The highest BCUT2D eigenvalue weighted by Gasteiger charge is 2.32. The lowest BCUT2D eigenvalue weighted by Crippen LogP contribution is -2.47. The van der Waals surface area contributed by atoms with E-state index in [1.54, 1.807) is 32.0 Å². The van der Waals surface area contributed by atoms with E-state index < -0.39 is 17.4 Å². The maximum atomic E-state index is 12.3. The number of methoxy groups -OCH3 is 2. The summed E-state index contributed by atoms with van der Waals surface area (Å²) in [5.74, 6) is -0.366. The third-order valence-electron chi connectivity index (χ3n) is 3.39. The molecule has 1 rings (SSSR count). The highest BCUT2D eigenvalue weighted by Crippen LogP contribution is 2.33. The minimum absolute atomic E-state index is 0.371. The van der Waals surface area contributed by atoms with Gasteiger partial charge in [0.25, 0.3) is 0 Å². The summed E-state index contributed by atoms with van der Waals surface area (Å²) in [7, 11) is 3.05. The minimum Gasteiger partial charge on any atom is -0.493 e. The molecule has 0 aliphatic carbocycles. The van der Waals surface area contributed by atoms with Crippen molar-refractivity contribution in [1.82, 2.24) is 5.32 Å². The van der Waals surface area contributed by atoms with Crippen LogP contribution in [0.4, 0.5) is 0 Å². The number of carbonyl (C=O) groups is 2. The van der Waals surface area contributed by atoms with Gasteiger partial charge < -0.3 is 19.9 Å². The van der Waals surface area contributed by atoms with E-state index in [9.17, 15) is 9.59 Å². The fourth-order valence-electron chi connectivity index (χ4n) is 1.79. The van der Waals surface area contributed by atoms with E-state index in [0.717, 1.165) is 0 Å². The molecule has 116 valence electrons. The monoisotopic (exact) mass is 295 g/mol. The molecule has 2 N–H and O–H groups in total. The normalized spacial score (nSPS) is 12.4. The molecule has 1 aromatic rings. The van der Waals surface area contributed by atoms with Crippen molar-refractivity contribution < 1.29 is 24.2 Å². The first-order chi connectivity index (χ1) is 9.73. The van der Waals surface area contributed by atoms with E-state index >= 15 is 0 Å². The van der Waals surface area contributed by atoms with Crippen LogP contribution in [0.25, 0.3) is 0 Å². The maximum absolute atomic E-state index is 12.3. The van der Waals surface area contributed by atoms with Crippen molar-refractivity contribution in [3.8, 4) is 11.5 Å². The van der Waals surface area contributed by atoms with Crippen LogP contribution in [0.1, 0.15) is 26.3 Å². The Morgan fingerprint density at radius 1 is 1.19 bits per heavy atom. The molecule has 0 heterocycles. The number of carboxylic acids is 1. The molecule has 6 nitrogen and oxygen atoms in total. The lowest BCUT2D eigenvalue weighted by atomic mass is 9.83. The van der Waals surface area contributed by atoms with Gasteiger partial charge in [-0.15, -0.1) is 0 Å². The average molecular weight is 295 g/mol. The molecule has 1 amide bonds. The zero-order valence-electron chi connectivity index (χ0n) is 12.9. The number of hydrogen-bond donors (Lipinski definition) is 2. The van der Waals surface area contributed by atoms with Crippen LogP contribution in [-0.2, 0) is 15.0 Å². The highest BCUT2D eigenvalue weighted by atomic mass is 16.5. The van der Waals surface area contributed by atoms with Crippen molar-refractivity contribution in [2.75, 3.05) is 14.2 Å². The summed E-state index contributed by atoms with van der Waals surface area (Å²) < 4.78 is 10.4. The van der Waals surface area contributed by atoms with E-state index in [4.69, 9.17) is 14.6 Å². The SMILES string of the molecule is COc1ccc(C(C)(C)C(=O)N[C@H](C)C(=O)O)cc1OC. The summed E-state index contributed by atoms with van der Waals surface area (Å²) in [5, 5.41) is 11.3. The molecule has 0 saturated heterocycles. The highest BCUT2D eigenvalue weighted by molar-refractivity contribution is 5.90. The molecule has 1 aromatic carbocycles. The Labute approximate surface area is 124 Å². The zero-order chi connectivity index (χ0) is 16.2. The van der Waals surface area contributed by atoms with E-state index in [-0.39, 0.29) is 5.91 Å². The smallest absolute Gasteiger partial charge is 0.325 e. The number of benzene rings is 1. The van der Waals surface area contributed by atoms with Crippen LogP contribution in [0.15, 0.2) is 18.2 Å². The standard InChI is InChI=1S/C15H21NO5/c1-9(13(17)18)16-14(19)15(2,3)10-6-7-11(20-4)12(8-10)21-5/h6-9H,1-5H3,(H,16,19)(H,17,18)/t9-/m1/s1. The van der Waals surface area contributed by atoms with Gasteiger partial charge in [0.15, 0.2) is 11.5 Å². The Morgan fingerprint density at radius 2 is 1.76 bits per heavy atom. The summed E-state index contributed by atoms with van der Waals surface area (Å²) in [5.41, 5.74) is -0.196. The number of hydrogen-bond acceptors (Lipinski definition) is 4. The molecule has 0 fully saturated rings. The summed E-state index contributed by atoms with van der Waals surface area (Å²) in [6.45, 7) is 4.86. The second-order valence-corrected chi connectivity index (χ2v) is 5.23. The third-order valence-corrected chi connectivity index (χ3v) is 3.39. The molecule has 0 radical (unpaired) electrons. The number of ether oxygens (including phenoxy) is 2. The van der Waals surface area contributed by atoms with Crippen molar-refractivity contribution in [3.05, 3.63) is 23.8 Å². The quantitative estimate of drug-likeness (QED) is 0.832. The number of carbonyl (C=O) groups excluding carboxylic acids is 1. The van der Waals surface area contributed by atoms with Gasteiger partial charge in [-0.3, -0.25) is 9.59 Å². The van der Waals surface area contributed by atoms with Crippen LogP contribution >= 0.6 is 0 Å². The molecule has 0 aliphatic heterocycles. The number of rotatable bonds is 6. The number of carboxylic acid groups (broad SMARTS) is 1. The van der Waals surface area contributed by atoms with Gasteiger partial charge in [0, 0.05) is 0 Å². The molecule has 6 heteroatoms. The number of amides is 1. The fraction of sp³-hybridized carbons (Fsp3) is 0.467. The van der Waals surface area contributed by atoms with Gasteiger partial charge >= 0.3 is 5.97 Å². The summed E-state index contributed by atoms with van der Waals surface area (Å²) in [4.78, 5) is 23.1. The van der Waals surface area contributed by atoms with E-state index in [1.165, 1.54) is 21.1 Å². The molecular weight excluding hydrogens is 274 g/mol. The summed E-state index contributed by atoms with van der Waals surface area (Å²) >= 11 is 0. The van der Waals surface area contributed by atoms with Crippen molar-refractivity contribution in [3.63, 3.8) is 0 Å².